The van der Waals surface area contributed by atoms with Crippen LogP contribution < -0.4 is 16.0 Å². The lowest BCUT2D eigenvalue weighted by Gasteiger charge is -2.20. The van der Waals surface area contributed by atoms with Gasteiger partial charge in [0.1, 0.15) is 0 Å². The van der Waals surface area contributed by atoms with Crippen molar-refractivity contribution in [3.05, 3.63) is 35.4 Å². The zero-order valence-electron chi connectivity index (χ0n) is 12.5. The average Bonchev–Trinajstić information content (AvgIpc) is 2.38. The van der Waals surface area contributed by atoms with Crippen LogP contribution in [-0.2, 0) is 4.79 Å². The fourth-order valence-electron chi connectivity index (χ4n) is 1.91. The predicted octanol–water partition coefficient (Wildman–Crippen LogP) is 1.88. The Balaban J connectivity index is 2.54. The van der Waals surface area contributed by atoms with Crippen molar-refractivity contribution in [1.82, 2.24) is 16.0 Å². The number of hydrogen-bond donors (Lipinski definition) is 3. The Bertz CT molecular complexity index is 474. The Morgan fingerprint density at radius 1 is 1.25 bits per heavy atom. The Morgan fingerprint density at radius 2 is 1.95 bits per heavy atom. The molecule has 5 heteroatoms. The van der Waals surface area contributed by atoms with Crippen molar-refractivity contribution in [2.45, 2.75) is 39.8 Å². The topological polar surface area (TPSA) is 70.2 Å². The van der Waals surface area contributed by atoms with E-state index in [1.165, 1.54) is 5.56 Å². The van der Waals surface area contributed by atoms with Crippen molar-refractivity contribution in [2.75, 3.05) is 6.54 Å². The van der Waals surface area contributed by atoms with Crippen LogP contribution in [0.15, 0.2) is 24.3 Å². The molecule has 0 heterocycles. The summed E-state index contributed by atoms with van der Waals surface area (Å²) in [6, 6.07) is 7.22. The van der Waals surface area contributed by atoms with Crippen LogP contribution in [0.1, 0.15) is 37.9 Å². The third kappa shape index (κ3) is 5.01. The van der Waals surface area contributed by atoms with E-state index in [1.807, 2.05) is 32.0 Å². The molecule has 2 atom stereocenters. The molecule has 110 valence electrons. The molecule has 0 aliphatic rings. The lowest BCUT2D eigenvalue weighted by molar-refractivity contribution is -0.121. The minimum atomic E-state index is -0.464. The highest BCUT2D eigenvalue weighted by atomic mass is 16.2. The molecule has 0 aromatic heterocycles. The summed E-state index contributed by atoms with van der Waals surface area (Å²) in [5.41, 5.74) is 2.29. The molecule has 3 N–H and O–H groups in total. The molecule has 1 unspecified atom stereocenters. The molecule has 0 spiro atoms. The molecule has 0 bridgehead atoms. The Labute approximate surface area is 120 Å². The maximum absolute atomic E-state index is 11.8. The number of amides is 3. The summed E-state index contributed by atoms with van der Waals surface area (Å²) in [6.45, 7) is 8.04. The average molecular weight is 277 g/mol. The standard InChI is InChI=1S/C15H23N3O2/c1-5-16-15(20)18-14(19)12(4)17-11(3)13-8-6-7-10(2)9-13/h6-9,11-12,17H,5H2,1-4H3,(H2,16,18,19,20)/t11-,12?/m0/s1. The molecule has 1 rings (SSSR count). The minimum absolute atomic E-state index is 0.0323. The number of nitrogens with one attached hydrogen (secondary N) is 3. The van der Waals surface area contributed by atoms with Crippen molar-refractivity contribution >= 4 is 11.9 Å². The van der Waals surface area contributed by atoms with E-state index in [9.17, 15) is 9.59 Å². The third-order valence-electron chi connectivity index (χ3n) is 3.01. The summed E-state index contributed by atoms with van der Waals surface area (Å²) in [6.07, 6.45) is 0. The summed E-state index contributed by atoms with van der Waals surface area (Å²) < 4.78 is 0. The fraction of sp³-hybridized carbons (Fsp3) is 0.467. The first-order valence-corrected chi connectivity index (χ1v) is 6.85. The van der Waals surface area contributed by atoms with Crippen LogP contribution in [0.3, 0.4) is 0 Å². The molecule has 1 aromatic rings. The van der Waals surface area contributed by atoms with Gasteiger partial charge in [0, 0.05) is 12.6 Å². The molecule has 0 aliphatic carbocycles. The molecule has 0 saturated carbocycles. The van der Waals surface area contributed by atoms with Gasteiger partial charge < -0.3 is 5.32 Å². The zero-order chi connectivity index (χ0) is 15.1. The number of carbonyl (C=O) groups excluding carboxylic acids is 2. The second kappa shape index (κ2) is 7.65. The lowest BCUT2D eigenvalue weighted by atomic mass is 10.1. The van der Waals surface area contributed by atoms with Gasteiger partial charge in [0.2, 0.25) is 5.91 Å². The molecule has 5 nitrogen and oxygen atoms in total. The number of benzene rings is 1. The van der Waals surface area contributed by atoms with Gasteiger partial charge in [-0.05, 0) is 33.3 Å². The smallest absolute Gasteiger partial charge is 0.321 e. The van der Waals surface area contributed by atoms with E-state index >= 15 is 0 Å². The Morgan fingerprint density at radius 3 is 2.55 bits per heavy atom. The normalized spacial score (nSPS) is 13.4. The van der Waals surface area contributed by atoms with Gasteiger partial charge in [0.25, 0.3) is 0 Å². The van der Waals surface area contributed by atoms with Gasteiger partial charge in [-0.1, -0.05) is 29.8 Å². The molecule has 0 fully saturated rings. The van der Waals surface area contributed by atoms with E-state index in [0.29, 0.717) is 6.54 Å². The number of aryl methyl sites for hydroxylation is 1. The van der Waals surface area contributed by atoms with Crippen molar-refractivity contribution < 1.29 is 9.59 Å². The van der Waals surface area contributed by atoms with Crippen LogP contribution in [0, 0.1) is 6.92 Å². The first kappa shape index (κ1) is 16.2. The molecule has 0 saturated heterocycles. The summed E-state index contributed by atoms with van der Waals surface area (Å²) in [7, 11) is 0. The van der Waals surface area contributed by atoms with Gasteiger partial charge >= 0.3 is 6.03 Å². The summed E-state index contributed by atoms with van der Waals surface area (Å²) in [5, 5.41) is 8.00. The highest BCUT2D eigenvalue weighted by Gasteiger charge is 2.18. The van der Waals surface area contributed by atoms with Gasteiger partial charge in [-0.15, -0.1) is 0 Å². The maximum atomic E-state index is 11.8. The van der Waals surface area contributed by atoms with Gasteiger partial charge in [-0.2, -0.15) is 0 Å². The van der Waals surface area contributed by atoms with E-state index in [4.69, 9.17) is 0 Å². The fourth-order valence-corrected chi connectivity index (χ4v) is 1.91. The van der Waals surface area contributed by atoms with Gasteiger partial charge in [-0.3, -0.25) is 15.4 Å². The van der Waals surface area contributed by atoms with Crippen LogP contribution in [-0.4, -0.2) is 24.5 Å². The summed E-state index contributed by atoms with van der Waals surface area (Å²) in [4.78, 5) is 23.1. The van der Waals surface area contributed by atoms with E-state index in [-0.39, 0.29) is 11.9 Å². The molecular formula is C15H23N3O2. The van der Waals surface area contributed by atoms with Crippen LogP contribution in [0.5, 0.6) is 0 Å². The lowest BCUT2D eigenvalue weighted by Crippen LogP contribution is -2.48. The van der Waals surface area contributed by atoms with Crippen LogP contribution in [0.4, 0.5) is 4.79 Å². The van der Waals surface area contributed by atoms with Crippen molar-refractivity contribution in [1.29, 1.82) is 0 Å². The van der Waals surface area contributed by atoms with Crippen molar-refractivity contribution in [3.8, 4) is 0 Å². The largest absolute Gasteiger partial charge is 0.338 e. The first-order valence-electron chi connectivity index (χ1n) is 6.85. The van der Waals surface area contributed by atoms with E-state index in [2.05, 4.69) is 22.0 Å². The Kier molecular flexibility index (Phi) is 6.18. The monoisotopic (exact) mass is 277 g/mol. The SMILES string of the molecule is CCNC(=O)NC(=O)C(C)N[C@@H](C)c1cccc(C)c1. The minimum Gasteiger partial charge on any atom is -0.338 e. The van der Waals surface area contributed by atoms with E-state index in [0.717, 1.165) is 5.56 Å². The molecule has 0 aliphatic heterocycles. The number of imide groups is 1. The number of urea groups is 1. The number of carbonyl (C=O) groups is 2. The van der Waals surface area contributed by atoms with Gasteiger partial charge in [0.05, 0.1) is 6.04 Å². The molecule has 3 amide bonds. The second-order valence-electron chi connectivity index (χ2n) is 4.87. The Hall–Kier alpha value is -1.88. The quantitative estimate of drug-likeness (QED) is 0.769. The first-order chi connectivity index (χ1) is 9.43. The molecule has 20 heavy (non-hydrogen) atoms. The van der Waals surface area contributed by atoms with Crippen LogP contribution >= 0.6 is 0 Å². The maximum Gasteiger partial charge on any atom is 0.321 e. The summed E-state index contributed by atoms with van der Waals surface area (Å²) >= 11 is 0. The number of hydrogen-bond acceptors (Lipinski definition) is 3. The summed E-state index contributed by atoms with van der Waals surface area (Å²) in [5.74, 6) is -0.338. The molecule has 0 radical (unpaired) electrons. The number of rotatable bonds is 5. The zero-order valence-corrected chi connectivity index (χ0v) is 12.5. The van der Waals surface area contributed by atoms with Crippen molar-refractivity contribution in [2.24, 2.45) is 0 Å². The molecular weight excluding hydrogens is 254 g/mol. The third-order valence-corrected chi connectivity index (χ3v) is 3.01. The predicted molar refractivity (Wildman–Crippen MR) is 79.4 cm³/mol. The van der Waals surface area contributed by atoms with Gasteiger partial charge in [0.15, 0.2) is 0 Å². The highest BCUT2D eigenvalue weighted by molar-refractivity contribution is 5.96. The van der Waals surface area contributed by atoms with Crippen LogP contribution in [0.2, 0.25) is 0 Å². The van der Waals surface area contributed by atoms with Gasteiger partial charge in [-0.25, -0.2) is 4.79 Å². The molecule has 1 aromatic carbocycles. The highest BCUT2D eigenvalue weighted by Crippen LogP contribution is 2.14. The van der Waals surface area contributed by atoms with E-state index in [1.54, 1.807) is 13.8 Å². The second-order valence-corrected chi connectivity index (χ2v) is 4.87. The van der Waals surface area contributed by atoms with Crippen LogP contribution in [0.25, 0.3) is 0 Å². The van der Waals surface area contributed by atoms with Crippen molar-refractivity contribution in [3.63, 3.8) is 0 Å². The van der Waals surface area contributed by atoms with E-state index < -0.39 is 12.1 Å².